The van der Waals surface area contributed by atoms with Gasteiger partial charge in [0.15, 0.2) is 22.3 Å². The van der Waals surface area contributed by atoms with Gasteiger partial charge < -0.3 is 16.8 Å². The van der Waals surface area contributed by atoms with Crippen LogP contribution in [0.2, 0.25) is 0 Å². The Morgan fingerprint density at radius 2 is 0.588 bits per heavy atom. The van der Waals surface area contributed by atoms with Crippen LogP contribution in [-0.4, -0.2) is 0 Å². The number of fused-ring (bicyclic) bond motifs is 14. The van der Waals surface area contributed by atoms with E-state index in [0.29, 0.717) is 22.3 Å². The Kier molecular flexibility index (Phi) is 7.92. The van der Waals surface area contributed by atoms with Crippen molar-refractivity contribution in [3.05, 3.63) is 139 Å². The van der Waals surface area contributed by atoms with E-state index in [9.17, 15) is 0 Å². The molecule has 0 aliphatic rings. The van der Waals surface area contributed by atoms with E-state index in [1.165, 1.54) is 0 Å². The third kappa shape index (κ3) is 5.24. The highest BCUT2D eigenvalue weighted by Crippen LogP contribution is 2.50. The fourth-order valence-corrected chi connectivity index (χ4v) is 12.0. The van der Waals surface area contributed by atoms with Crippen LogP contribution < -0.4 is 4.31 Å². The van der Waals surface area contributed by atoms with Gasteiger partial charge in [-0.3, -0.25) is 0 Å². The Labute approximate surface area is 324 Å². The van der Waals surface area contributed by atoms with Gasteiger partial charge in [-0.2, -0.15) is 4.31 Å². The lowest BCUT2D eigenvalue weighted by Crippen LogP contribution is -1.82. The molecule has 0 bridgehead atoms. The van der Waals surface area contributed by atoms with Crippen LogP contribution in [0.4, 0.5) is 0 Å². The Morgan fingerprint density at radius 3 is 0.843 bits per heavy atom. The fraction of sp³-hybridized carbons (Fsp3) is 0. The average Bonchev–Trinajstić information content (AvgIpc) is 3.42. The number of rotatable bonds is 2. The van der Waals surface area contributed by atoms with Crippen LogP contribution in [0.1, 0.15) is 0 Å². The summed E-state index contributed by atoms with van der Waals surface area (Å²) in [7, 11) is -4.26. The molecule has 10 rings (SSSR count). The van der Waals surface area contributed by atoms with Gasteiger partial charge in [0.1, 0.15) is 0 Å². The molecule has 51 heavy (non-hydrogen) atoms. The fourth-order valence-electron chi connectivity index (χ4n) is 6.98. The van der Waals surface area contributed by atoms with Crippen molar-refractivity contribution in [1.82, 2.24) is 0 Å². The van der Waals surface area contributed by atoms with Gasteiger partial charge in [0.05, 0.1) is 17.9 Å². The molecule has 2 aromatic heterocycles. The third-order valence-electron chi connectivity index (χ3n) is 9.12. The summed E-state index contributed by atoms with van der Waals surface area (Å²) >= 11 is 15.4. The summed E-state index contributed by atoms with van der Waals surface area (Å²) in [6, 6.07) is 41.4. The molecule has 0 aliphatic heterocycles. The first-order valence-electron chi connectivity index (χ1n) is 15.8. The van der Waals surface area contributed by atoms with Crippen molar-refractivity contribution in [3.63, 3.8) is 0 Å². The second-order valence-electron chi connectivity index (χ2n) is 12.0. The summed E-state index contributed by atoms with van der Waals surface area (Å²) in [5.74, 6) is 0. The molecule has 0 saturated carbocycles. The monoisotopic (exact) mass is 958 g/mol. The quantitative estimate of drug-likeness (QED) is 0.173. The molecule has 0 saturated heterocycles. The van der Waals surface area contributed by atoms with E-state index in [1.54, 1.807) is 0 Å². The second kappa shape index (κ2) is 12.6. The van der Waals surface area contributed by atoms with Crippen LogP contribution in [0.25, 0.3) is 87.0 Å². The van der Waals surface area contributed by atoms with E-state index in [0.717, 1.165) is 82.5 Å². The maximum absolute atomic E-state index is 6.79. The number of benzene rings is 8. The summed E-state index contributed by atoms with van der Waals surface area (Å²) in [5.41, 5.74) is 2.47. The zero-order valence-corrected chi connectivity index (χ0v) is 34.1. The Balaban J connectivity index is 1.35. The van der Waals surface area contributed by atoms with Gasteiger partial charge in [-0.05, 0) is 131 Å². The molecule has 2 heterocycles. The highest BCUT2D eigenvalue weighted by molar-refractivity contribution is 9.11. The van der Waals surface area contributed by atoms with E-state index in [4.69, 9.17) is 21.1 Å². The van der Waals surface area contributed by atoms with Crippen molar-refractivity contribution in [2.45, 2.75) is 0 Å². The Bertz CT molecular complexity index is 2770. The standard InChI is InChI=1S/C40H20Br4O5P2/c41-29-17-21-9-1-5-13-25(21)33-34-26-14-6-2-10-22(26)18-30(42)38(34)46-50(45-37(29)33)49-51-47-39-31(43)19-23-11-3-7-15-27(23)35(39)36-28-16-8-4-12-24(28)20-32(44)40(36)48-51/h1-20H. The van der Waals surface area contributed by atoms with E-state index in [2.05, 4.69) is 137 Å². The minimum Gasteiger partial charge on any atom is -0.397 e. The van der Waals surface area contributed by atoms with Crippen molar-refractivity contribution in [2.75, 3.05) is 0 Å². The van der Waals surface area contributed by atoms with Gasteiger partial charge in [0.25, 0.3) is 0 Å². The average molecular weight is 962 g/mol. The van der Waals surface area contributed by atoms with Crippen LogP contribution in [0.15, 0.2) is 156 Å². The summed E-state index contributed by atoms with van der Waals surface area (Å²) < 4.78 is 37.0. The van der Waals surface area contributed by atoms with Crippen LogP contribution >= 0.6 is 80.2 Å². The van der Waals surface area contributed by atoms with Gasteiger partial charge in [0, 0.05) is 21.5 Å². The maximum atomic E-state index is 6.79. The normalized spacial score (nSPS) is 12.0. The molecule has 0 amide bonds. The molecule has 11 heteroatoms. The zero-order chi connectivity index (χ0) is 34.4. The predicted molar refractivity (Wildman–Crippen MR) is 225 cm³/mol. The van der Waals surface area contributed by atoms with Gasteiger partial charge >= 0.3 is 16.5 Å². The Morgan fingerprint density at radius 1 is 0.353 bits per heavy atom. The van der Waals surface area contributed by atoms with E-state index in [-0.39, 0.29) is 0 Å². The van der Waals surface area contributed by atoms with Crippen LogP contribution in [0.3, 0.4) is 0 Å². The molecule has 0 aliphatic carbocycles. The van der Waals surface area contributed by atoms with E-state index >= 15 is 0 Å². The Hall–Kier alpha value is -3.52. The molecule has 248 valence electrons. The van der Waals surface area contributed by atoms with Crippen molar-refractivity contribution < 1.29 is 21.1 Å². The molecule has 0 radical (unpaired) electrons. The molecule has 5 nitrogen and oxygen atoms in total. The van der Waals surface area contributed by atoms with E-state index in [1.807, 2.05) is 48.5 Å². The number of halogens is 4. The van der Waals surface area contributed by atoms with Gasteiger partial charge in [-0.1, -0.05) is 97.1 Å². The SMILES string of the molecule is Brc1cc2ccccc2c2c1op(Op1oc3c(Br)cc4ccccc4c3c3c(o1)c(Br)cc1ccccc13)oc1c(Br)cc3ccccc3c12. The zero-order valence-electron chi connectivity index (χ0n) is 26.0. The van der Waals surface area contributed by atoms with Gasteiger partial charge in [-0.15, -0.1) is 0 Å². The molecule has 0 atom stereocenters. The van der Waals surface area contributed by atoms with Crippen molar-refractivity contribution in [1.29, 1.82) is 0 Å². The second-order valence-corrected chi connectivity index (χ2v) is 17.7. The van der Waals surface area contributed by atoms with Crippen LogP contribution in [0, 0.1) is 0 Å². The maximum Gasteiger partial charge on any atom is 0.400 e. The highest BCUT2D eigenvalue weighted by atomic mass is 79.9. The van der Waals surface area contributed by atoms with Gasteiger partial charge in [0.2, 0.25) is 0 Å². The minimum atomic E-state index is -2.13. The first-order valence-corrected chi connectivity index (χ1v) is 21.1. The van der Waals surface area contributed by atoms with Crippen molar-refractivity contribution in [3.8, 4) is 0 Å². The lowest BCUT2D eigenvalue weighted by molar-refractivity contribution is 0.504. The smallest absolute Gasteiger partial charge is 0.397 e. The summed E-state index contributed by atoms with van der Waals surface area (Å²) in [6.07, 6.45) is 0. The third-order valence-corrected chi connectivity index (χ3v) is 13.9. The van der Waals surface area contributed by atoms with E-state index < -0.39 is 16.5 Å². The molecule has 0 N–H and O–H groups in total. The molecule has 0 spiro atoms. The number of hydrogen-bond acceptors (Lipinski definition) is 5. The number of hydrogen-bond donors (Lipinski definition) is 0. The van der Waals surface area contributed by atoms with Crippen LogP contribution in [0.5, 0.6) is 0 Å². The highest BCUT2D eigenvalue weighted by Gasteiger charge is 2.22. The summed E-state index contributed by atoms with van der Waals surface area (Å²) in [5, 5.41) is 12.0. The molecule has 0 unspecified atom stereocenters. The van der Waals surface area contributed by atoms with Crippen LogP contribution in [-0.2, 0) is 0 Å². The minimum absolute atomic E-state index is 0.617. The first kappa shape index (κ1) is 32.2. The molecular weight excluding hydrogens is 942 g/mol. The van der Waals surface area contributed by atoms with Crippen molar-refractivity contribution >= 4 is 167 Å². The molecular formula is C40H20Br4O5P2. The lowest BCUT2D eigenvalue weighted by Gasteiger charge is -2.07. The largest absolute Gasteiger partial charge is 0.400 e. The summed E-state index contributed by atoms with van der Waals surface area (Å²) in [6.45, 7) is 0. The van der Waals surface area contributed by atoms with Crippen molar-refractivity contribution in [2.24, 2.45) is 0 Å². The molecule has 10 aromatic rings. The van der Waals surface area contributed by atoms with Gasteiger partial charge in [-0.25, -0.2) is 0 Å². The lowest BCUT2D eigenvalue weighted by atomic mass is 9.99. The summed E-state index contributed by atoms with van der Waals surface area (Å²) in [4.78, 5) is 0. The topological polar surface area (TPSA) is 61.8 Å². The predicted octanol–water partition coefficient (Wildman–Crippen LogP) is 16.4. The molecule has 8 aromatic carbocycles. The first-order chi connectivity index (χ1) is 24.9. The molecule has 0 fully saturated rings.